The van der Waals surface area contributed by atoms with Crippen LogP contribution >= 0.6 is 0 Å². The van der Waals surface area contributed by atoms with E-state index in [2.05, 4.69) is 15.7 Å². The number of aromatic nitrogens is 2. The molecule has 1 aromatic heterocycles. The number of aryl methyl sites for hydroxylation is 1. The zero-order valence-electron chi connectivity index (χ0n) is 14.3. The van der Waals surface area contributed by atoms with E-state index in [1.165, 1.54) is 0 Å². The lowest BCUT2D eigenvalue weighted by Gasteiger charge is -2.12. The largest absolute Gasteiger partial charge is 0.480 e. The molecule has 3 rings (SSSR count). The van der Waals surface area contributed by atoms with Crippen LogP contribution in [-0.2, 0) is 16.1 Å². The van der Waals surface area contributed by atoms with Crippen LogP contribution in [-0.4, -0.2) is 38.8 Å². The zero-order chi connectivity index (χ0) is 18.0. The van der Waals surface area contributed by atoms with Gasteiger partial charge in [-0.25, -0.2) is 4.68 Å². The Labute approximate surface area is 146 Å². The summed E-state index contributed by atoms with van der Waals surface area (Å²) in [6.45, 7) is 4.27. The molecule has 0 aliphatic carbocycles. The Morgan fingerprint density at radius 1 is 1.24 bits per heavy atom. The van der Waals surface area contributed by atoms with Crippen molar-refractivity contribution in [1.82, 2.24) is 20.4 Å². The van der Waals surface area contributed by atoms with E-state index in [-0.39, 0.29) is 5.91 Å². The smallest absolute Gasteiger partial charge is 0.320 e. The summed E-state index contributed by atoms with van der Waals surface area (Å²) in [7, 11) is 0. The summed E-state index contributed by atoms with van der Waals surface area (Å²) in [5.74, 6) is -1.08. The number of carbonyl (C=O) groups is 2. The highest BCUT2D eigenvalue weighted by molar-refractivity contribution is 5.84. The molecule has 0 spiro atoms. The van der Waals surface area contributed by atoms with Crippen molar-refractivity contribution in [3.05, 3.63) is 47.3 Å². The average Bonchev–Trinajstić information content (AvgIpc) is 3.20. The second-order valence-corrected chi connectivity index (χ2v) is 6.30. The maximum absolute atomic E-state index is 12.3. The van der Waals surface area contributed by atoms with Crippen LogP contribution in [0, 0.1) is 13.8 Å². The van der Waals surface area contributed by atoms with E-state index in [9.17, 15) is 9.59 Å². The van der Waals surface area contributed by atoms with Crippen molar-refractivity contribution in [3.63, 3.8) is 0 Å². The minimum absolute atomic E-state index is 0.171. The first-order chi connectivity index (χ1) is 12.0. The summed E-state index contributed by atoms with van der Waals surface area (Å²) in [4.78, 5) is 23.3. The van der Waals surface area contributed by atoms with E-state index >= 15 is 0 Å². The van der Waals surface area contributed by atoms with E-state index in [1.54, 1.807) is 0 Å². The van der Waals surface area contributed by atoms with Gasteiger partial charge in [0.2, 0.25) is 5.91 Å². The van der Waals surface area contributed by atoms with Crippen LogP contribution in [0.3, 0.4) is 0 Å². The van der Waals surface area contributed by atoms with Crippen molar-refractivity contribution in [3.8, 4) is 5.69 Å². The van der Waals surface area contributed by atoms with Crippen molar-refractivity contribution >= 4 is 11.9 Å². The highest BCUT2D eigenvalue weighted by atomic mass is 16.4. The lowest BCUT2D eigenvalue weighted by Crippen LogP contribution is -2.44. The number of amides is 1. The fraction of sp³-hybridized carbons (Fsp3) is 0.389. The highest BCUT2D eigenvalue weighted by Crippen LogP contribution is 2.18. The van der Waals surface area contributed by atoms with Crippen LogP contribution in [0.25, 0.3) is 5.69 Å². The lowest BCUT2D eigenvalue weighted by atomic mass is 10.1. The molecule has 7 nitrogen and oxygen atoms in total. The molecule has 25 heavy (non-hydrogen) atoms. The maximum Gasteiger partial charge on any atom is 0.320 e. The van der Waals surface area contributed by atoms with E-state index < -0.39 is 18.1 Å². The number of benzene rings is 1. The van der Waals surface area contributed by atoms with Crippen LogP contribution in [0.5, 0.6) is 0 Å². The molecule has 0 radical (unpaired) electrons. The average molecular weight is 342 g/mol. The van der Waals surface area contributed by atoms with Gasteiger partial charge in [-0.1, -0.05) is 18.2 Å². The molecular weight excluding hydrogens is 320 g/mol. The Hall–Kier alpha value is -2.67. The van der Waals surface area contributed by atoms with E-state index in [0.717, 1.165) is 22.6 Å². The van der Waals surface area contributed by atoms with E-state index in [1.807, 2.05) is 48.9 Å². The number of carbonyl (C=O) groups excluding carboxylic acids is 1. The van der Waals surface area contributed by atoms with Crippen molar-refractivity contribution in [1.29, 1.82) is 0 Å². The normalized spacial score (nSPS) is 19.8. The number of hydrogen-bond acceptors (Lipinski definition) is 4. The van der Waals surface area contributed by atoms with Gasteiger partial charge < -0.3 is 10.4 Å². The molecule has 3 N–H and O–H groups in total. The third-order valence-corrected chi connectivity index (χ3v) is 4.64. The van der Waals surface area contributed by atoms with Crippen molar-refractivity contribution < 1.29 is 14.7 Å². The Balaban J connectivity index is 1.67. The number of para-hydroxylation sites is 1. The van der Waals surface area contributed by atoms with Gasteiger partial charge >= 0.3 is 5.97 Å². The minimum Gasteiger partial charge on any atom is -0.480 e. The van der Waals surface area contributed by atoms with Crippen LogP contribution in [0.4, 0.5) is 0 Å². The Kier molecular flexibility index (Phi) is 4.85. The molecular formula is C18H22N4O3. The summed E-state index contributed by atoms with van der Waals surface area (Å²) in [6.07, 6.45) is 1.00. The molecule has 1 aromatic carbocycles. The molecule has 0 bridgehead atoms. The van der Waals surface area contributed by atoms with Gasteiger partial charge in [0.1, 0.15) is 6.04 Å². The summed E-state index contributed by atoms with van der Waals surface area (Å²) >= 11 is 0. The monoisotopic (exact) mass is 342 g/mol. The first-order valence-electron chi connectivity index (χ1n) is 8.34. The first-order valence-corrected chi connectivity index (χ1v) is 8.34. The molecule has 0 saturated carbocycles. The predicted molar refractivity (Wildman–Crippen MR) is 92.5 cm³/mol. The number of hydrogen-bond donors (Lipinski definition) is 3. The van der Waals surface area contributed by atoms with Gasteiger partial charge in [-0.05, 0) is 38.8 Å². The van der Waals surface area contributed by atoms with Gasteiger partial charge in [0.05, 0.1) is 17.4 Å². The second kappa shape index (κ2) is 7.06. The number of rotatable bonds is 5. The Morgan fingerprint density at radius 2 is 1.92 bits per heavy atom. The maximum atomic E-state index is 12.3. The molecule has 7 heteroatoms. The van der Waals surface area contributed by atoms with Crippen LogP contribution in [0.15, 0.2) is 30.3 Å². The minimum atomic E-state index is -0.911. The molecule has 0 unspecified atom stereocenters. The predicted octanol–water partition coefficient (Wildman–Crippen LogP) is 1.31. The molecule has 1 fully saturated rings. The van der Waals surface area contributed by atoms with Crippen molar-refractivity contribution in [2.45, 2.75) is 45.3 Å². The first kappa shape index (κ1) is 17.2. The second-order valence-electron chi connectivity index (χ2n) is 6.30. The quantitative estimate of drug-likeness (QED) is 0.761. The number of carboxylic acid groups (broad SMARTS) is 1. The highest BCUT2D eigenvalue weighted by Gasteiger charge is 2.32. The van der Waals surface area contributed by atoms with Crippen LogP contribution in [0.1, 0.15) is 29.8 Å². The number of nitrogens with one attached hydrogen (secondary N) is 2. The zero-order valence-corrected chi connectivity index (χ0v) is 14.3. The van der Waals surface area contributed by atoms with Gasteiger partial charge in [-0.2, -0.15) is 5.10 Å². The number of aliphatic carboxylic acids is 1. The molecule has 1 amide bonds. The molecule has 2 aromatic rings. The standard InChI is InChI=1S/C18H22N4O3/c1-11-14(12(2)22(21-11)13-6-4-3-5-7-13)10-19-17(23)15-8-9-16(20-15)18(24)25/h3-7,15-16,20H,8-10H2,1-2H3,(H,19,23)(H,24,25)/t15-,16+/m1/s1. The number of nitrogens with zero attached hydrogens (tertiary/aromatic N) is 2. The molecule has 1 aliphatic heterocycles. The molecule has 1 saturated heterocycles. The van der Waals surface area contributed by atoms with Gasteiger partial charge in [-0.3, -0.25) is 14.9 Å². The van der Waals surface area contributed by atoms with Crippen LogP contribution < -0.4 is 10.6 Å². The Bertz CT molecular complexity index is 785. The molecule has 1 aliphatic rings. The summed E-state index contributed by atoms with van der Waals surface area (Å²) in [5, 5.41) is 19.3. The van der Waals surface area contributed by atoms with Gasteiger partial charge in [0.15, 0.2) is 0 Å². The summed E-state index contributed by atoms with van der Waals surface area (Å²) in [6, 6.07) is 8.74. The summed E-state index contributed by atoms with van der Waals surface area (Å²) < 4.78 is 1.87. The van der Waals surface area contributed by atoms with E-state index in [4.69, 9.17) is 5.11 Å². The summed E-state index contributed by atoms with van der Waals surface area (Å²) in [5.41, 5.74) is 3.80. The molecule has 132 valence electrons. The molecule has 2 atom stereocenters. The van der Waals surface area contributed by atoms with Gasteiger partial charge in [0.25, 0.3) is 0 Å². The topological polar surface area (TPSA) is 96.2 Å². The number of carboxylic acids is 1. The van der Waals surface area contributed by atoms with Crippen molar-refractivity contribution in [2.75, 3.05) is 0 Å². The molecule has 2 heterocycles. The van der Waals surface area contributed by atoms with Gasteiger partial charge in [0, 0.05) is 17.8 Å². The van der Waals surface area contributed by atoms with Crippen LogP contribution in [0.2, 0.25) is 0 Å². The third-order valence-electron chi connectivity index (χ3n) is 4.64. The Morgan fingerprint density at radius 3 is 2.56 bits per heavy atom. The van der Waals surface area contributed by atoms with Crippen molar-refractivity contribution in [2.24, 2.45) is 0 Å². The fourth-order valence-electron chi connectivity index (χ4n) is 3.19. The SMILES string of the molecule is Cc1nn(-c2ccccc2)c(C)c1CNC(=O)[C@H]1CC[C@@H](C(=O)O)N1. The van der Waals surface area contributed by atoms with E-state index in [0.29, 0.717) is 19.4 Å². The fourth-order valence-corrected chi connectivity index (χ4v) is 3.19. The lowest BCUT2D eigenvalue weighted by molar-refractivity contribution is -0.139. The van der Waals surface area contributed by atoms with Gasteiger partial charge in [-0.15, -0.1) is 0 Å². The third kappa shape index (κ3) is 3.56.